The van der Waals surface area contributed by atoms with E-state index in [0.29, 0.717) is 24.2 Å². The average molecular weight is 334 g/mol. The molecule has 3 nitrogen and oxygen atoms in total. The van der Waals surface area contributed by atoms with E-state index < -0.39 is 0 Å². The molecule has 90 valence electrons. The highest BCUT2D eigenvalue weighted by Gasteiger charge is 2.09. The van der Waals surface area contributed by atoms with Crippen molar-refractivity contribution in [2.24, 2.45) is 0 Å². The van der Waals surface area contributed by atoms with Gasteiger partial charge in [0.1, 0.15) is 11.8 Å². The lowest BCUT2D eigenvalue weighted by molar-refractivity contribution is 0.128. The maximum absolute atomic E-state index is 5.98. The van der Waals surface area contributed by atoms with Gasteiger partial charge in [-0.1, -0.05) is 11.6 Å². The van der Waals surface area contributed by atoms with Gasteiger partial charge >= 0.3 is 0 Å². The summed E-state index contributed by atoms with van der Waals surface area (Å²) in [7, 11) is 0. The molecular weight excluding hydrogens is 324 g/mol. The Morgan fingerprint density at radius 3 is 2.88 bits per heavy atom. The highest BCUT2D eigenvalue weighted by Crippen LogP contribution is 2.31. The van der Waals surface area contributed by atoms with E-state index in [4.69, 9.17) is 16.3 Å². The SMILES string of the molecule is CCOCc1nc(Cl)cc(-c2cscc2Br)n1. The predicted molar refractivity (Wildman–Crippen MR) is 73.4 cm³/mol. The summed E-state index contributed by atoms with van der Waals surface area (Å²) < 4.78 is 6.30. The molecular formula is C11H10BrClN2OS. The molecule has 0 fully saturated rings. The Morgan fingerprint density at radius 1 is 1.41 bits per heavy atom. The summed E-state index contributed by atoms with van der Waals surface area (Å²) in [4.78, 5) is 8.56. The molecule has 0 bridgehead atoms. The molecule has 0 saturated carbocycles. The molecule has 2 aromatic heterocycles. The van der Waals surface area contributed by atoms with E-state index in [9.17, 15) is 0 Å². The van der Waals surface area contributed by atoms with Gasteiger partial charge in [-0.25, -0.2) is 9.97 Å². The second-order valence-electron chi connectivity index (χ2n) is 3.26. The third kappa shape index (κ3) is 3.25. The zero-order valence-electron chi connectivity index (χ0n) is 9.11. The second-order valence-corrected chi connectivity index (χ2v) is 5.25. The number of rotatable bonds is 4. The van der Waals surface area contributed by atoms with Crippen molar-refractivity contribution in [1.29, 1.82) is 0 Å². The van der Waals surface area contributed by atoms with Crippen LogP contribution in [-0.2, 0) is 11.3 Å². The fourth-order valence-electron chi connectivity index (χ4n) is 1.32. The van der Waals surface area contributed by atoms with Crippen molar-refractivity contribution in [2.75, 3.05) is 6.61 Å². The molecule has 0 N–H and O–H groups in total. The first kappa shape index (κ1) is 13.0. The molecule has 17 heavy (non-hydrogen) atoms. The third-order valence-corrected chi connectivity index (χ3v) is 3.96. The van der Waals surface area contributed by atoms with E-state index in [2.05, 4.69) is 25.9 Å². The number of aromatic nitrogens is 2. The van der Waals surface area contributed by atoms with Crippen molar-refractivity contribution in [1.82, 2.24) is 9.97 Å². The van der Waals surface area contributed by atoms with Gasteiger partial charge in [0, 0.05) is 33.5 Å². The van der Waals surface area contributed by atoms with E-state index in [1.165, 1.54) is 0 Å². The lowest BCUT2D eigenvalue weighted by atomic mass is 10.2. The van der Waals surface area contributed by atoms with Crippen molar-refractivity contribution >= 4 is 38.9 Å². The number of hydrogen-bond donors (Lipinski definition) is 0. The van der Waals surface area contributed by atoms with E-state index >= 15 is 0 Å². The normalized spacial score (nSPS) is 10.8. The molecule has 0 aromatic carbocycles. The Labute approximate surface area is 117 Å². The minimum Gasteiger partial charge on any atom is -0.374 e. The number of ether oxygens (including phenoxy) is 1. The molecule has 0 aliphatic carbocycles. The van der Waals surface area contributed by atoms with Crippen LogP contribution in [0.3, 0.4) is 0 Å². The smallest absolute Gasteiger partial charge is 0.156 e. The van der Waals surface area contributed by atoms with Gasteiger partial charge in [0.25, 0.3) is 0 Å². The van der Waals surface area contributed by atoms with Crippen LogP contribution in [0.15, 0.2) is 21.3 Å². The molecule has 0 unspecified atom stereocenters. The summed E-state index contributed by atoms with van der Waals surface area (Å²) in [6.45, 7) is 2.94. The van der Waals surface area contributed by atoms with Gasteiger partial charge < -0.3 is 4.74 Å². The van der Waals surface area contributed by atoms with Crippen LogP contribution in [0.25, 0.3) is 11.3 Å². The highest BCUT2D eigenvalue weighted by atomic mass is 79.9. The van der Waals surface area contributed by atoms with E-state index in [1.807, 2.05) is 17.7 Å². The van der Waals surface area contributed by atoms with Crippen molar-refractivity contribution < 1.29 is 4.74 Å². The molecule has 2 heterocycles. The number of thiophene rings is 1. The molecule has 0 amide bonds. The Bertz CT molecular complexity index is 518. The van der Waals surface area contributed by atoms with Crippen LogP contribution in [0, 0.1) is 0 Å². The first-order valence-corrected chi connectivity index (χ1v) is 7.15. The Kier molecular flexibility index (Phi) is 4.50. The average Bonchev–Trinajstić information content (AvgIpc) is 2.72. The summed E-state index contributed by atoms with van der Waals surface area (Å²) in [5.74, 6) is 0.604. The molecule has 0 aliphatic heterocycles. The first-order chi connectivity index (χ1) is 8.20. The minimum atomic E-state index is 0.381. The van der Waals surface area contributed by atoms with Crippen molar-refractivity contribution in [3.63, 3.8) is 0 Å². The van der Waals surface area contributed by atoms with Gasteiger partial charge in [0.15, 0.2) is 5.82 Å². The van der Waals surface area contributed by atoms with E-state index in [-0.39, 0.29) is 0 Å². The molecule has 0 saturated heterocycles. The quantitative estimate of drug-likeness (QED) is 0.788. The highest BCUT2D eigenvalue weighted by molar-refractivity contribution is 9.10. The van der Waals surface area contributed by atoms with Gasteiger partial charge in [-0.05, 0) is 22.9 Å². The topological polar surface area (TPSA) is 35.0 Å². The lowest BCUT2D eigenvalue weighted by Crippen LogP contribution is -2.00. The van der Waals surface area contributed by atoms with Crippen LogP contribution >= 0.6 is 38.9 Å². The van der Waals surface area contributed by atoms with Crippen molar-refractivity contribution in [2.45, 2.75) is 13.5 Å². The summed E-state index contributed by atoms with van der Waals surface area (Å²) in [5.41, 5.74) is 1.84. The summed E-state index contributed by atoms with van der Waals surface area (Å²) >= 11 is 11.1. The van der Waals surface area contributed by atoms with Crippen molar-refractivity contribution in [3.05, 3.63) is 32.3 Å². The summed E-state index contributed by atoms with van der Waals surface area (Å²) in [6.07, 6.45) is 0. The molecule has 6 heteroatoms. The number of nitrogens with zero attached hydrogens (tertiary/aromatic N) is 2. The maximum atomic E-state index is 5.98. The Hall–Kier alpha value is -0.490. The van der Waals surface area contributed by atoms with E-state index in [0.717, 1.165) is 15.7 Å². The van der Waals surface area contributed by atoms with Gasteiger partial charge in [-0.2, -0.15) is 11.3 Å². The van der Waals surface area contributed by atoms with E-state index in [1.54, 1.807) is 17.4 Å². The fraction of sp³-hybridized carbons (Fsp3) is 0.273. The predicted octanol–water partition coefficient (Wildman–Crippen LogP) is 4.16. The molecule has 0 spiro atoms. The monoisotopic (exact) mass is 332 g/mol. The molecule has 2 rings (SSSR count). The van der Waals surface area contributed by atoms with Gasteiger partial charge in [-0.3, -0.25) is 0 Å². The van der Waals surface area contributed by atoms with Crippen LogP contribution < -0.4 is 0 Å². The van der Waals surface area contributed by atoms with Gasteiger partial charge in [0.2, 0.25) is 0 Å². The zero-order chi connectivity index (χ0) is 12.3. The lowest BCUT2D eigenvalue weighted by Gasteiger charge is -2.04. The maximum Gasteiger partial charge on any atom is 0.156 e. The minimum absolute atomic E-state index is 0.381. The molecule has 0 atom stereocenters. The van der Waals surface area contributed by atoms with Crippen LogP contribution in [0.5, 0.6) is 0 Å². The summed E-state index contributed by atoms with van der Waals surface area (Å²) in [5, 5.41) is 4.46. The number of hydrogen-bond acceptors (Lipinski definition) is 4. The Balaban J connectivity index is 2.35. The van der Waals surface area contributed by atoms with Gasteiger partial charge in [0.05, 0.1) is 5.69 Å². The third-order valence-electron chi connectivity index (χ3n) is 2.07. The fourth-order valence-corrected chi connectivity index (χ4v) is 3.02. The van der Waals surface area contributed by atoms with Gasteiger partial charge in [-0.15, -0.1) is 0 Å². The second kappa shape index (κ2) is 5.91. The van der Waals surface area contributed by atoms with Crippen LogP contribution in [0.1, 0.15) is 12.7 Å². The molecule has 2 aromatic rings. The molecule has 0 radical (unpaired) electrons. The molecule has 0 aliphatic rings. The first-order valence-electron chi connectivity index (χ1n) is 5.04. The Morgan fingerprint density at radius 2 is 2.24 bits per heavy atom. The van der Waals surface area contributed by atoms with Crippen LogP contribution in [0.4, 0.5) is 0 Å². The van der Waals surface area contributed by atoms with Crippen LogP contribution in [-0.4, -0.2) is 16.6 Å². The standard InChI is InChI=1S/C11H10BrClN2OS/c1-2-16-4-11-14-9(3-10(13)15-11)7-5-17-6-8(7)12/h3,5-6H,2,4H2,1H3. The zero-order valence-corrected chi connectivity index (χ0v) is 12.3. The van der Waals surface area contributed by atoms with Crippen molar-refractivity contribution in [3.8, 4) is 11.3 Å². The van der Waals surface area contributed by atoms with Crippen LogP contribution in [0.2, 0.25) is 5.15 Å². The number of halogens is 2. The largest absolute Gasteiger partial charge is 0.374 e. The summed E-state index contributed by atoms with van der Waals surface area (Å²) in [6, 6.07) is 1.75.